The Morgan fingerprint density at radius 2 is 1.79 bits per heavy atom. The molecule has 0 bridgehead atoms. The molecule has 0 aliphatic rings. The first-order chi connectivity index (χ1) is 9.00. The molecule has 0 aliphatic heterocycles. The molecule has 100 valence electrons. The molecule has 1 atom stereocenters. The van der Waals surface area contributed by atoms with Gasteiger partial charge in [0.1, 0.15) is 11.6 Å². The van der Waals surface area contributed by atoms with E-state index >= 15 is 0 Å². The van der Waals surface area contributed by atoms with Gasteiger partial charge in [0.25, 0.3) is 0 Å². The van der Waals surface area contributed by atoms with E-state index in [9.17, 15) is 8.78 Å². The van der Waals surface area contributed by atoms with Crippen LogP contribution in [0.15, 0.2) is 42.5 Å². The standard InChI is InChI=1S/C15H16F2N2/c1-10(18)13-7-4-8-14(17)15(13)19(2)12-6-3-5-11(16)9-12/h3-10H,18H2,1-2H3. The average molecular weight is 262 g/mol. The zero-order chi connectivity index (χ0) is 14.0. The van der Waals surface area contributed by atoms with Crippen molar-refractivity contribution < 1.29 is 8.78 Å². The van der Waals surface area contributed by atoms with Gasteiger partial charge in [-0.3, -0.25) is 0 Å². The second kappa shape index (κ2) is 5.36. The number of nitrogens with zero attached hydrogens (tertiary/aromatic N) is 1. The number of hydrogen-bond donors (Lipinski definition) is 1. The third-order valence-corrected chi connectivity index (χ3v) is 3.04. The molecule has 2 N–H and O–H groups in total. The van der Waals surface area contributed by atoms with Gasteiger partial charge in [-0.2, -0.15) is 0 Å². The summed E-state index contributed by atoms with van der Waals surface area (Å²) in [5.74, 6) is -0.732. The Morgan fingerprint density at radius 3 is 2.42 bits per heavy atom. The maximum atomic E-state index is 14.1. The Bertz CT molecular complexity index is 582. The number of halogens is 2. The van der Waals surface area contributed by atoms with Crippen molar-refractivity contribution in [1.29, 1.82) is 0 Å². The van der Waals surface area contributed by atoms with Crippen LogP contribution in [-0.2, 0) is 0 Å². The molecule has 0 radical (unpaired) electrons. The number of rotatable bonds is 3. The molecule has 2 aromatic carbocycles. The Balaban J connectivity index is 2.52. The molecule has 2 aromatic rings. The summed E-state index contributed by atoms with van der Waals surface area (Å²) in [6.45, 7) is 1.79. The van der Waals surface area contributed by atoms with Crippen molar-refractivity contribution in [2.75, 3.05) is 11.9 Å². The molecule has 2 nitrogen and oxygen atoms in total. The van der Waals surface area contributed by atoms with E-state index in [1.54, 1.807) is 43.1 Å². The van der Waals surface area contributed by atoms with Gasteiger partial charge in [0.15, 0.2) is 0 Å². The summed E-state index contributed by atoms with van der Waals surface area (Å²) >= 11 is 0. The minimum absolute atomic E-state index is 0.304. The van der Waals surface area contributed by atoms with Gasteiger partial charge in [-0.25, -0.2) is 8.78 Å². The number of anilines is 2. The van der Waals surface area contributed by atoms with Crippen molar-refractivity contribution in [1.82, 2.24) is 0 Å². The summed E-state index contributed by atoms with van der Waals surface area (Å²) in [5, 5.41) is 0. The van der Waals surface area contributed by atoms with E-state index in [0.29, 0.717) is 16.9 Å². The van der Waals surface area contributed by atoms with Crippen LogP contribution < -0.4 is 10.6 Å². The van der Waals surface area contributed by atoms with Crippen molar-refractivity contribution >= 4 is 11.4 Å². The van der Waals surface area contributed by atoms with E-state index in [1.807, 2.05) is 0 Å². The molecule has 4 heteroatoms. The van der Waals surface area contributed by atoms with E-state index in [2.05, 4.69) is 0 Å². The first-order valence-electron chi connectivity index (χ1n) is 6.04. The maximum absolute atomic E-state index is 14.1. The molecule has 0 fully saturated rings. The minimum Gasteiger partial charge on any atom is -0.342 e. The molecule has 0 amide bonds. The summed E-state index contributed by atoms with van der Waals surface area (Å²) in [6.07, 6.45) is 0. The first kappa shape index (κ1) is 13.5. The van der Waals surface area contributed by atoms with E-state index < -0.39 is 0 Å². The Kier molecular flexibility index (Phi) is 3.81. The summed E-state index contributed by atoms with van der Waals surface area (Å²) < 4.78 is 27.3. The van der Waals surface area contributed by atoms with Crippen molar-refractivity contribution in [3.05, 3.63) is 59.7 Å². The fourth-order valence-corrected chi connectivity index (χ4v) is 2.07. The van der Waals surface area contributed by atoms with Crippen LogP contribution in [0.3, 0.4) is 0 Å². The topological polar surface area (TPSA) is 29.3 Å². The van der Waals surface area contributed by atoms with Crippen LogP contribution in [0.5, 0.6) is 0 Å². The highest BCUT2D eigenvalue weighted by atomic mass is 19.1. The molecule has 0 saturated heterocycles. The normalized spacial score (nSPS) is 12.3. The summed E-state index contributed by atoms with van der Waals surface area (Å²) in [7, 11) is 1.69. The highest BCUT2D eigenvalue weighted by molar-refractivity contribution is 5.67. The Labute approximate surface area is 111 Å². The number of nitrogens with two attached hydrogens (primary N) is 1. The average Bonchev–Trinajstić information content (AvgIpc) is 2.37. The third-order valence-electron chi connectivity index (χ3n) is 3.04. The lowest BCUT2D eigenvalue weighted by atomic mass is 10.1. The van der Waals surface area contributed by atoms with E-state index in [4.69, 9.17) is 5.73 Å². The van der Waals surface area contributed by atoms with Crippen molar-refractivity contribution in [3.8, 4) is 0 Å². The van der Waals surface area contributed by atoms with Crippen LogP contribution in [-0.4, -0.2) is 7.05 Å². The van der Waals surface area contributed by atoms with E-state index in [0.717, 1.165) is 0 Å². The van der Waals surface area contributed by atoms with Gasteiger partial charge in [-0.1, -0.05) is 18.2 Å². The highest BCUT2D eigenvalue weighted by Crippen LogP contribution is 2.32. The fraction of sp³-hybridized carbons (Fsp3) is 0.200. The smallest absolute Gasteiger partial charge is 0.147 e. The van der Waals surface area contributed by atoms with Crippen LogP contribution in [0.1, 0.15) is 18.5 Å². The number of hydrogen-bond acceptors (Lipinski definition) is 2. The second-order valence-corrected chi connectivity index (χ2v) is 4.51. The second-order valence-electron chi connectivity index (χ2n) is 4.51. The van der Waals surface area contributed by atoms with Crippen LogP contribution >= 0.6 is 0 Å². The van der Waals surface area contributed by atoms with Crippen LogP contribution in [0.2, 0.25) is 0 Å². The fourth-order valence-electron chi connectivity index (χ4n) is 2.07. The van der Waals surface area contributed by atoms with Crippen LogP contribution in [0.25, 0.3) is 0 Å². The van der Waals surface area contributed by atoms with Gasteiger partial charge in [0.05, 0.1) is 5.69 Å². The van der Waals surface area contributed by atoms with Gasteiger partial charge in [-0.05, 0) is 36.8 Å². The molecular weight excluding hydrogens is 246 g/mol. The molecule has 1 unspecified atom stereocenters. The highest BCUT2D eigenvalue weighted by Gasteiger charge is 2.16. The Hall–Kier alpha value is -1.94. The van der Waals surface area contributed by atoms with Crippen LogP contribution in [0.4, 0.5) is 20.2 Å². The molecule has 2 rings (SSSR count). The predicted octanol–water partition coefficient (Wildman–Crippen LogP) is 3.75. The summed E-state index contributed by atoms with van der Waals surface area (Å²) in [6, 6.07) is 10.5. The summed E-state index contributed by atoms with van der Waals surface area (Å²) in [5.41, 5.74) is 7.50. The number of benzene rings is 2. The van der Waals surface area contributed by atoms with Crippen molar-refractivity contribution in [3.63, 3.8) is 0 Å². The minimum atomic E-state index is -0.374. The van der Waals surface area contributed by atoms with Gasteiger partial charge in [-0.15, -0.1) is 0 Å². The molecule has 19 heavy (non-hydrogen) atoms. The lowest BCUT2D eigenvalue weighted by Crippen LogP contribution is -2.17. The quantitative estimate of drug-likeness (QED) is 0.912. The molecular formula is C15H16F2N2. The van der Waals surface area contributed by atoms with Crippen LogP contribution in [0, 0.1) is 11.6 Å². The lowest BCUT2D eigenvalue weighted by Gasteiger charge is -2.24. The molecule has 0 aliphatic carbocycles. The van der Waals surface area contributed by atoms with Crippen molar-refractivity contribution in [2.24, 2.45) is 5.73 Å². The van der Waals surface area contributed by atoms with Crippen molar-refractivity contribution in [2.45, 2.75) is 13.0 Å². The third kappa shape index (κ3) is 2.74. The van der Waals surface area contributed by atoms with Gasteiger partial charge in [0, 0.05) is 18.8 Å². The molecule has 0 aromatic heterocycles. The molecule has 0 heterocycles. The molecule has 0 spiro atoms. The largest absolute Gasteiger partial charge is 0.342 e. The van der Waals surface area contributed by atoms with E-state index in [1.165, 1.54) is 18.2 Å². The van der Waals surface area contributed by atoms with E-state index in [-0.39, 0.29) is 17.7 Å². The first-order valence-corrected chi connectivity index (χ1v) is 6.04. The summed E-state index contributed by atoms with van der Waals surface area (Å²) in [4.78, 5) is 1.61. The number of para-hydroxylation sites is 1. The zero-order valence-electron chi connectivity index (χ0n) is 10.9. The predicted molar refractivity (Wildman–Crippen MR) is 73.5 cm³/mol. The van der Waals surface area contributed by atoms with Gasteiger partial charge in [0.2, 0.25) is 0 Å². The zero-order valence-corrected chi connectivity index (χ0v) is 10.9. The van der Waals surface area contributed by atoms with Gasteiger partial charge < -0.3 is 10.6 Å². The lowest BCUT2D eigenvalue weighted by molar-refractivity contribution is 0.619. The Morgan fingerprint density at radius 1 is 1.11 bits per heavy atom. The monoisotopic (exact) mass is 262 g/mol. The van der Waals surface area contributed by atoms with Gasteiger partial charge >= 0.3 is 0 Å². The molecule has 0 saturated carbocycles. The maximum Gasteiger partial charge on any atom is 0.147 e. The SMILES string of the molecule is CC(N)c1cccc(F)c1N(C)c1cccc(F)c1.